The molecule has 5 nitrogen and oxygen atoms in total. The molecule has 0 heterocycles. The fourth-order valence-electron chi connectivity index (χ4n) is 2.16. The number of methoxy groups -OCH3 is 1. The van der Waals surface area contributed by atoms with Crippen LogP contribution in [0.5, 0.6) is 5.75 Å². The first-order valence-electron chi connectivity index (χ1n) is 7.58. The third-order valence-electron chi connectivity index (χ3n) is 3.47. The van der Waals surface area contributed by atoms with Crippen LogP contribution in [-0.2, 0) is 11.3 Å². The summed E-state index contributed by atoms with van der Waals surface area (Å²) >= 11 is 3.46. The molecule has 0 aliphatic rings. The molecular weight excluding hydrogens is 382 g/mol. The molecule has 0 fully saturated rings. The number of amides is 1. The highest BCUT2D eigenvalue weighted by Gasteiger charge is 2.12. The maximum Gasteiger partial charge on any atom is 0.267 e. The minimum atomic E-state index is -0.494. The first-order chi connectivity index (χ1) is 12.0. The average molecular weight is 400 g/mol. The van der Waals surface area contributed by atoms with Crippen LogP contribution in [0.1, 0.15) is 11.1 Å². The second kappa shape index (κ2) is 8.90. The lowest BCUT2D eigenvalue weighted by Crippen LogP contribution is -2.17. The summed E-state index contributed by atoms with van der Waals surface area (Å²) in [6, 6.07) is 15.1. The Labute approximate surface area is 155 Å². The lowest BCUT2D eigenvalue weighted by Gasteiger charge is -2.11. The standard InChI is InChI=1S/C19H18BrN3O2/c1-13-7-8-18(25-2)17(9-13)23-19(24)15(10-21)12-22-11-14-5-3-4-6-16(14)20/h3-9,12,22H,11H2,1-2H3,(H,23,24)/b15-12-. The zero-order chi connectivity index (χ0) is 18.2. The maximum atomic E-state index is 12.3. The highest BCUT2D eigenvalue weighted by molar-refractivity contribution is 9.10. The van der Waals surface area contributed by atoms with Crippen molar-refractivity contribution in [3.63, 3.8) is 0 Å². The monoisotopic (exact) mass is 399 g/mol. The Morgan fingerprint density at radius 1 is 1.32 bits per heavy atom. The van der Waals surface area contributed by atoms with Crippen LogP contribution in [0.15, 0.2) is 58.7 Å². The van der Waals surface area contributed by atoms with Crippen LogP contribution in [-0.4, -0.2) is 13.0 Å². The molecule has 0 aromatic heterocycles. The molecular formula is C19H18BrN3O2. The first-order valence-corrected chi connectivity index (χ1v) is 8.37. The van der Waals surface area contributed by atoms with Gasteiger partial charge in [-0.25, -0.2) is 0 Å². The van der Waals surface area contributed by atoms with Crippen LogP contribution < -0.4 is 15.4 Å². The third kappa shape index (κ3) is 5.10. The van der Waals surface area contributed by atoms with Crippen molar-refractivity contribution < 1.29 is 9.53 Å². The smallest absolute Gasteiger partial charge is 0.267 e. The van der Waals surface area contributed by atoms with E-state index in [1.54, 1.807) is 12.1 Å². The molecule has 0 saturated heterocycles. The molecule has 0 bridgehead atoms. The summed E-state index contributed by atoms with van der Waals surface area (Å²) in [4.78, 5) is 12.3. The van der Waals surface area contributed by atoms with Crippen molar-refractivity contribution >= 4 is 27.5 Å². The Morgan fingerprint density at radius 2 is 2.08 bits per heavy atom. The first kappa shape index (κ1) is 18.6. The van der Waals surface area contributed by atoms with Crippen LogP contribution in [0.4, 0.5) is 5.69 Å². The zero-order valence-electron chi connectivity index (χ0n) is 14.0. The number of nitrogens with one attached hydrogen (secondary N) is 2. The number of anilines is 1. The Bertz CT molecular complexity index is 841. The summed E-state index contributed by atoms with van der Waals surface area (Å²) in [5.74, 6) is 0.0449. The SMILES string of the molecule is COc1ccc(C)cc1NC(=O)/C(C#N)=C\NCc1ccccc1Br. The van der Waals surface area contributed by atoms with E-state index in [1.165, 1.54) is 13.3 Å². The van der Waals surface area contributed by atoms with E-state index in [0.29, 0.717) is 18.0 Å². The lowest BCUT2D eigenvalue weighted by molar-refractivity contribution is -0.112. The molecule has 0 spiro atoms. The minimum Gasteiger partial charge on any atom is -0.495 e. The van der Waals surface area contributed by atoms with Gasteiger partial charge in [-0.05, 0) is 36.2 Å². The minimum absolute atomic E-state index is 0.0180. The highest BCUT2D eigenvalue weighted by atomic mass is 79.9. The van der Waals surface area contributed by atoms with Gasteiger partial charge in [-0.1, -0.05) is 40.2 Å². The van der Waals surface area contributed by atoms with Gasteiger partial charge in [0.05, 0.1) is 12.8 Å². The van der Waals surface area contributed by atoms with Gasteiger partial charge in [-0.2, -0.15) is 5.26 Å². The Balaban J connectivity index is 2.07. The number of carbonyl (C=O) groups is 1. The number of hydrogen-bond acceptors (Lipinski definition) is 4. The van der Waals surface area contributed by atoms with E-state index in [9.17, 15) is 10.1 Å². The summed E-state index contributed by atoms with van der Waals surface area (Å²) in [5.41, 5.74) is 2.51. The molecule has 128 valence electrons. The number of aryl methyl sites for hydroxylation is 1. The van der Waals surface area contributed by atoms with Crippen molar-refractivity contribution in [1.82, 2.24) is 5.32 Å². The molecule has 0 radical (unpaired) electrons. The quantitative estimate of drug-likeness (QED) is 0.570. The van der Waals surface area contributed by atoms with Crippen molar-refractivity contribution in [3.8, 4) is 11.8 Å². The molecule has 0 aliphatic heterocycles. The Kier molecular flexibility index (Phi) is 6.61. The van der Waals surface area contributed by atoms with Crippen molar-refractivity contribution in [2.45, 2.75) is 13.5 Å². The zero-order valence-corrected chi connectivity index (χ0v) is 15.6. The topological polar surface area (TPSA) is 74.1 Å². The molecule has 2 aromatic carbocycles. The molecule has 2 N–H and O–H groups in total. The molecule has 6 heteroatoms. The fraction of sp³-hybridized carbons (Fsp3) is 0.158. The number of nitriles is 1. The second-order valence-corrected chi connectivity index (χ2v) is 6.15. The normalized spacial score (nSPS) is 10.7. The van der Waals surface area contributed by atoms with Gasteiger partial charge in [0.25, 0.3) is 5.91 Å². The summed E-state index contributed by atoms with van der Waals surface area (Å²) < 4.78 is 6.19. The Morgan fingerprint density at radius 3 is 2.76 bits per heavy atom. The van der Waals surface area contributed by atoms with Gasteiger partial charge in [0.15, 0.2) is 0 Å². The molecule has 0 saturated carbocycles. The number of rotatable bonds is 6. The number of ether oxygens (including phenoxy) is 1. The van der Waals surface area contributed by atoms with Gasteiger partial charge in [0.2, 0.25) is 0 Å². The van der Waals surface area contributed by atoms with Gasteiger partial charge in [-0.3, -0.25) is 4.79 Å². The molecule has 2 rings (SSSR count). The van der Waals surface area contributed by atoms with Gasteiger partial charge in [-0.15, -0.1) is 0 Å². The van der Waals surface area contributed by atoms with Crippen LogP contribution >= 0.6 is 15.9 Å². The van der Waals surface area contributed by atoms with Crippen LogP contribution in [0, 0.1) is 18.3 Å². The van der Waals surface area contributed by atoms with Crippen molar-refractivity contribution in [3.05, 3.63) is 69.8 Å². The van der Waals surface area contributed by atoms with Gasteiger partial charge >= 0.3 is 0 Å². The van der Waals surface area contributed by atoms with Crippen LogP contribution in [0.3, 0.4) is 0 Å². The summed E-state index contributed by atoms with van der Waals surface area (Å²) in [5, 5.41) is 15.0. The molecule has 0 unspecified atom stereocenters. The van der Waals surface area contributed by atoms with Crippen LogP contribution in [0.25, 0.3) is 0 Å². The molecule has 2 aromatic rings. The van der Waals surface area contributed by atoms with E-state index in [2.05, 4.69) is 26.6 Å². The number of halogens is 1. The Hall–Kier alpha value is -2.78. The van der Waals surface area contributed by atoms with Gasteiger partial charge in [0.1, 0.15) is 17.4 Å². The third-order valence-corrected chi connectivity index (χ3v) is 4.24. The number of nitrogens with zero attached hydrogens (tertiary/aromatic N) is 1. The molecule has 1 amide bonds. The van der Waals surface area contributed by atoms with Crippen molar-refractivity contribution in [2.75, 3.05) is 12.4 Å². The average Bonchev–Trinajstić information content (AvgIpc) is 2.60. The van der Waals surface area contributed by atoms with E-state index in [0.717, 1.165) is 15.6 Å². The summed E-state index contributed by atoms with van der Waals surface area (Å²) in [6.45, 7) is 2.41. The highest BCUT2D eigenvalue weighted by Crippen LogP contribution is 2.25. The van der Waals surface area contributed by atoms with Gasteiger partial charge in [0, 0.05) is 17.2 Å². The molecule has 25 heavy (non-hydrogen) atoms. The number of carbonyl (C=O) groups excluding carboxylic acids is 1. The maximum absolute atomic E-state index is 12.3. The predicted molar refractivity (Wildman–Crippen MR) is 101 cm³/mol. The van der Waals surface area contributed by atoms with Crippen molar-refractivity contribution in [1.29, 1.82) is 5.26 Å². The summed E-state index contributed by atoms with van der Waals surface area (Å²) in [6.07, 6.45) is 1.41. The van der Waals surface area contributed by atoms with E-state index >= 15 is 0 Å². The van der Waals surface area contributed by atoms with Crippen molar-refractivity contribution in [2.24, 2.45) is 0 Å². The fourth-order valence-corrected chi connectivity index (χ4v) is 2.59. The predicted octanol–water partition coefficient (Wildman–Crippen LogP) is 3.90. The summed E-state index contributed by atoms with van der Waals surface area (Å²) in [7, 11) is 1.53. The van der Waals surface area contributed by atoms with Crippen LogP contribution in [0.2, 0.25) is 0 Å². The van der Waals surface area contributed by atoms with E-state index < -0.39 is 5.91 Å². The lowest BCUT2D eigenvalue weighted by atomic mass is 10.2. The molecule has 0 atom stereocenters. The molecule has 0 aliphatic carbocycles. The number of hydrogen-bond donors (Lipinski definition) is 2. The number of benzene rings is 2. The largest absolute Gasteiger partial charge is 0.495 e. The van der Waals surface area contributed by atoms with Gasteiger partial charge < -0.3 is 15.4 Å². The van der Waals surface area contributed by atoms with E-state index in [4.69, 9.17) is 4.74 Å². The van der Waals surface area contributed by atoms with E-state index in [-0.39, 0.29) is 5.57 Å². The van der Waals surface area contributed by atoms with E-state index in [1.807, 2.05) is 43.3 Å². The second-order valence-electron chi connectivity index (χ2n) is 5.30.